The third kappa shape index (κ3) is 3.22. The van der Waals surface area contributed by atoms with Crippen molar-refractivity contribution in [3.63, 3.8) is 0 Å². The molecule has 0 saturated carbocycles. The number of amides is 2. The zero-order valence-corrected chi connectivity index (χ0v) is 12.7. The van der Waals surface area contributed by atoms with E-state index >= 15 is 0 Å². The molecule has 2 N–H and O–H groups in total. The van der Waals surface area contributed by atoms with Crippen molar-refractivity contribution in [3.8, 4) is 0 Å². The molecule has 1 aromatic rings. The fourth-order valence-electron chi connectivity index (χ4n) is 2.91. The summed E-state index contributed by atoms with van der Waals surface area (Å²) in [6.45, 7) is 4.12. The average molecular weight is 303 g/mol. The first kappa shape index (κ1) is 14.8. The third-order valence-corrected chi connectivity index (χ3v) is 4.07. The van der Waals surface area contributed by atoms with Crippen molar-refractivity contribution < 1.29 is 14.3 Å². The van der Waals surface area contributed by atoms with Crippen LogP contribution in [0.25, 0.3) is 0 Å². The zero-order chi connectivity index (χ0) is 15.5. The van der Waals surface area contributed by atoms with Gasteiger partial charge in [-0.05, 0) is 42.6 Å². The molecule has 1 fully saturated rings. The summed E-state index contributed by atoms with van der Waals surface area (Å²) in [7, 11) is 0. The lowest BCUT2D eigenvalue weighted by Gasteiger charge is -2.16. The van der Waals surface area contributed by atoms with Crippen molar-refractivity contribution in [2.45, 2.75) is 32.4 Å². The van der Waals surface area contributed by atoms with Gasteiger partial charge in [0.05, 0.1) is 13.1 Å². The molecule has 6 heteroatoms. The van der Waals surface area contributed by atoms with E-state index < -0.39 is 0 Å². The molecule has 22 heavy (non-hydrogen) atoms. The maximum atomic E-state index is 12.0. The highest BCUT2D eigenvalue weighted by molar-refractivity contribution is 5.90. The Morgan fingerprint density at radius 3 is 3.14 bits per heavy atom. The first-order valence-electron chi connectivity index (χ1n) is 7.68. The predicted molar refractivity (Wildman–Crippen MR) is 82.8 cm³/mol. The number of fused-ring (bicyclic) bond motifs is 1. The summed E-state index contributed by atoms with van der Waals surface area (Å²) in [4.78, 5) is 24.6. The lowest BCUT2D eigenvalue weighted by atomic mass is 10.0. The lowest BCUT2D eigenvalue weighted by molar-refractivity contribution is -0.119. The van der Waals surface area contributed by atoms with E-state index in [-0.39, 0.29) is 18.1 Å². The van der Waals surface area contributed by atoms with Gasteiger partial charge in [-0.3, -0.25) is 9.69 Å². The Kier molecular flexibility index (Phi) is 4.29. The van der Waals surface area contributed by atoms with Crippen LogP contribution in [0.4, 0.5) is 10.5 Å². The number of carbonyl (C=O) groups is 2. The number of nitrogens with zero attached hydrogens (tertiary/aromatic N) is 1. The van der Waals surface area contributed by atoms with E-state index in [1.807, 2.05) is 6.07 Å². The fraction of sp³-hybridized carbons (Fsp3) is 0.500. The van der Waals surface area contributed by atoms with E-state index in [4.69, 9.17) is 4.74 Å². The highest BCUT2D eigenvalue weighted by atomic mass is 16.6. The molecule has 2 heterocycles. The normalized spacial score (nSPS) is 21.0. The summed E-state index contributed by atoms with van der Waals surface area (Å²) in [6, 6.07) is 6.15. The SMILES string of the molecule is CC(=O)NCC1CN(c2ccc3c(c2)CNCCC3)C(=O)O1. The molecule has 0 aliphatic carbocycles. The maximum absolute atomic E-state index is 12.0. The quantitative estimate of drug-likeness (QED) is 0.880. The minimum atomic E-state index is -0.350. The van der Waals surface area contributed by atoms with Gasteiger partial charge in [0.2, 0.25) is 5.91 Å². The smallest absolute Gasteiger partial charge is 0.414 e. The number of hydrogen-bond donors (Lipinski definition) is 2. The van der Waals surface area contributed by atoms with Crippen molar-refractivity contribution >= 4 is 17.7 Å². The summed E-state index contributed by atoms with van der Waals surface area (Å²) >= 11 is 0. The predicted octanol–water partition coefficient (Wildman–Crippen LogP) is 1.18. The molecule has 2 aliphatic heterocycles. The van der Waals surface area contributed by atoms with Gasteiger partial charge in [-0.2, -0.15) is 0 Å². The minimum Gasteiger partial charge on any atom is -0.442 e. The molecular formula is C16H21N3O3. The maximum Gasteiger partial charge on any atom is 0.414 e. The van der Waals surface area contributed by atoms with Crippen molar-refractivity contribution in [2.75, 3.05) is 24.5 Å². The van der Waals surface area contributed by atoms with E-state index in [9.17, 15) is 9.59 Å². The number of benzene rings is 1. The van der Waals surface area contributed by atoms with Crippen LogP contribution in [-0.2, 0) is 22.5 Å². The molecule has 1 unspecified atom stereocenters. The second-order valence-electron chi connectivity index (χ2n) is 5.79. The van der Waals surface area contributed by atoms with Gasteiger partial charge in [0.25, 0.3) is 0 Å². The van der Waals surface area contributed by atoms with Crippen LogP contribution in [0.2, 0.25) is 0 Å². The van der Waals surface area contributed by atoms with Crippen LogP contribution in [0.15, 0.2) is 18.2 Å². The Balaban J connectivity index is 1.72. The Labute approximate surface area is 129 Å². The number of anilines is 1. The van der Waals surface area contributed by atoms with Gasteiger partial charge in [0, 0.05) is 19.2 Å². The van der Waals surface area contributed by atoms with Crippen LogP contribution < -0.4 is 15.5 Å². The second-order valence-corrected chi connectivity index (χ2v) is 5.79. The summed E-state index contributed by atoms with van der Waals surface area (Å²) < 4.78 is 5.30. The van der Waals surface area contributed by atoms with E-state index in [0.717, 1.165) is 31.6 Å². The molecule has 1 atom stereocenters. The number of nitrogens with one attached hydrogen (secondary N) is 2. The van der Waals surface area contributed by atoms with Crippen molar-refractivity contribution in [1.29, 1.82) is 0 Å². The van der Waals surface area contributed by atoms with Crippen LogP contribution >= 0.6 is 0 Å². The van der Waals surface area contributed by atoms with Crippen LogP contribution in [0.1, 0.15) is 24.5 Å². The van der Waals surface area contributed by atoms with Crippen molar-refractivity contribution in [1.82, 2.24) is 10.6 Å². The van der Waals surface area contributed by atoms with Gasteiger partial charge in [-0.1, -0.05) is 6.07 Å². The van der Waals surface area contributed by atoms with Gasteiger partial charge >= 0.3 is 6.09 Å². The molecule has 1 aromatic carbocycles. The molecule has 118 valence electrons. The highest BCUT2D eigenvalue weighted by Gasteiger charge is 2.32. The van der Waals surface area contributed by atoms with Crippen molar-refractivity contribution in [2.24, 2.45) is 0 Å². The standard InChI is InChI=1S/C16H21N3O3/c1-11(20)18-9-15-10-19(16(21)22-15)14-5-4-12-3-2-6-17-8-13(12)7-14/h4-5,7,15,17H,2-3,6,8-10H2,1H3,(H,18,20). The molecule has 0 radical (unpaired) electrons. The number of carbonyl (C=O) groups excluding carboxylic acids is 2. The monoisotopic (exact) mass is 303 g/mol. The Morgan fingerprint density at radius 2 is 2.32 bits per heavy atom. The van der Waals surface area contributed by atoms with Gasteiger partial charge in [0.15, 0.2) is 0 Å². The molecule has 1 saturated heterocycles. The topological polar surface area (TPSA) is 70.7 Å². The van der Waals surface area contributed by atoms with Gasteiger partial charge in [-0.15, -0.1) is 0 Å². The Morgan fingerprint density at radius 1 is 1.45 bits per heavy atom. The van der Waals surface area contributed by atoms with Crippen LogP contribution in [0.5, 0.6) is 0 Å². The highest BCUT2D eigenvalue weighted by Crippen LogP contribution is 2.26. The first-order valence-corrected chi connectivity index (χ1v) is 7.68. The van der Waals surface area contributed by atoms with Gasteiger partial charge < -0.3 is 15.4 Å². The van der Waals surface area contributed by atoms with Crippen LogP contribution in [-0.4, -0.2) is 37.7 Å². The summed E-state index contributed by atoms with van der Waals surface area (Å²) in [6.07, 6.45) is 1.56. The second kappa shape index (κ2) is 6.36. The number of hydrogen-bond acceptors (Lipinski definition) is 4. The Bertz CT molecular complexity index is 588. The molecule has 0 bridgehead atoms. The summed E-state index contributed by atoms with van der Waals surface area (Å²) in [5.74, 6) is -0.120. The van der Waals surface area contributed by atoms with E-state index in [1.165, 1.54) is 18.1 Å². The molecule has 2 aliphatic rings. The summed E-state index contributed by atoms with van der Waals surface area (Å²) in [5, 5.41) is 6.08. The number of rotatable bonds is 3. The van der Waals surface area contributed by atoms with Crippen LogP contribution in [0.3, 0.4) is 0 Å². The minimum absolute atomic E-state index is 0.120. The van der Waals surface area contributed by atoms with Gasteiger partial charge in [-0.25, -0.2) is 4.79 Å². The molecule has 6 nitrogen and oxygen atoms in total. The van der Waals surface area contributed by atoms with E-state index in [1.54, 1.807) is 4.90 Å². The lowest BCUT2D eigenvalue weighted by Crippen LogP contribution is -2.33. The van der Waals surface area contributed by atoms with E-state index in [2.05, 4.69) is 22.8 Å². The number of aryl methyl sites for hydroxylation is 1. The van der Waals surface area contributed by atoms with Gasteiger partial charge in [0.1, 0.15) is 6.10 Å². The first-order chi connectivity index (χ1) is 10.6. The molecule has 3 rings (SSSR count). The Hall–Kier alpha value is -2.08. The summed E-state index contributed by atoms with van der Waals surface area (Å²) in [5.41, 5.74) is 3.45. The average Bonchev–Trinajstić information content (AvgIpc) is 2.71. The molecular weight excluding hydrogens is 282 g/mol. The van der Waals surface area contributed by atoms with Crippen LogP contribution in [0, 0.1) is 0 Å². The van der Waals surface area contributed by atoms with E-state index in [0.29, 0.717) is 13.1 Å². The number of cyclic esters (lactones) is 1. The third-order valence-electron chi connectivity index (χ3n) is 4.07. The molecule has 2 amide bonds. The molecule has 0 aromatic heterocycles. The van der Waals surface area contributed by atoms with Crippen molar-refractivity contribution in [3.05, 3.63) is 29.3 Å². The molecule has 0 spiro atoms. The largest absolute Gasteiger partial charge is 0.442 e. The zero-order valence-electron chi connectivity index (χ0n) is 12.7. The number of ether oxygens (including phenoxy) is 1. The fourth-order valence-corrected chi connectivity index (χ4v) is 2.91.